The number of rotatable bonds is 6. The third-order valence-electron chi connectivity index (χ3n) is 5.93. The van der Waals surface area contributed by atoms with Gasteiger partial charge in [-0.1, -0.05) is 12.1 Å². The van der Waals surface area contributed by atoms with Crippen LogP contribution in [0.1, 0.15) is 30.4 Å². The van der Waals surface area contributed by atoms with Gasteiger partial charge in [-0.3, -0.25) is 4.79 Å². The fourth-order valence-corrected chi connectivity index (χ4v) is 4.14. The van der Waals surface area contributed by atoms with Crippen LogP contribution in [0.25, 0.3) is 0 Å². The lowest BCUT2D eigenvalue weighted by molar-refractivity contribution is -0.137. The Bertz CT molecular complexity index is 896. The predicted molar refractivity (Wildman–Crippen MR) is 109 cm³/mol. The van der Waals surface area contributed by atoms with Gasteiger partial charge in [0, 0.05) is 23.6 Å². The van der Waals surface area contributed by atoms with E-state index < -0.39 is 17.6 Å². The van der Waals surface area contributed by atoms with Crippen molar-refractivity contribution in [1.82, 2.24) is 4.90 Å². The van der Waals surface area contributed by atoms with Crippen LogP contribution in [0.2, 0.25) is 0 Å². The second-order valence-electron chi connectivity index (χ2n) is 7.70. The molecule has 0 unspecified atom stereocenters. The standard InChI is InChI=1S/C22H23F2NO4.ClH/c23-18-2-1-3-19(24)16(18)13-28-15-4-5-17-20(12-15)29-14-22(17)7-10-25(11-8-22)9-6-21(26)27;/h1-5,12H,6-11,13-14H2,(H,26,27);1H. The van der Waals surface area contributed by atoms with Gasteiger partial charge in [0.2, 0.25) is 0 Å². The molecule has 4 rings (SSSR count). The van der Waals surface area contributed by atoms with Crippen molar-refractivity contribution in [1.29, 1.82) is 0 Å². The van der Waals surface area contributed by atoms with Crippen molar-refractivity contribution in [3.05, 3.63) is 59.2 Å². The first-order valence-electron chi connectivity index (χ1n) is 9.74. The smallest absolute Gasteiger partial charge is 0.304 e. The molecule has 30 heavy (non-hydrogen) atoms. The molecule has 0 aromatic heterocycles. The molecule has 2 heterocycles. The van der Waals surface area contributed by atoms with Crippen molar-refractivity contribution in [2.45, 2.75) is 31.3 Å². The molecule has 0 aliphatic carbocycles. The third kappa shape index (κ3) is 4.52. The molecule has 1 saturated heterocycles. The van der Waals surface area contributed by atoms with Crippen LogP contribution >= 0.6 is 12.4 Å². The molecule has 0 bridgehead atoms. The lowest BCUT2D eigenvalue weighted by atomic mass is 9.74. The summed E-state index contributed by atoms with van der Waals surface area (Å²) in [5.74, 6) is -0.785. The summed E-state index contributed by atoms with van der Waals surface area (Å²) in [5, 5.41) is 8.85. The van der Waals surface area contributed by atoms with Crippen molar-refractivity contribution in [3.63, 3.8) is 0 Å². The lowest BCUT2D eigenvalue weighted by Gasteiger charge is -2.38. The Kier molecular flexibility index (Phi) is 6.83. The summed E-state index contributed by atoms with van der Waals surface area (Å²) < 4.78 is 39.0. The van der Waals surface area contributed by atoms with E-state index in [9.17, 15) is 13.6 Å². The van der Waals surface area contributed by atoms with Gasteiger partial charge in [0.15, 0.2) is 0 Å². The highest BCUT2D eigenvalue weighted by molar-refractivity contribution is 5.85. The van der Waals surface area contributed by atoms with Crippen LogP contribution in [0.4, 0.5) is 8.78 Å². The number of carboxylic acid groups (broad SMARTS) is 1. The van der Waals surface area contributed by atoms with Crippen molar-refractivity contribution in [2.24, 2.45) is 0 Å². The maximum atomic E-state index is 13.8. The van der Waals surface area contributed by atoms with E-state index in [1.807, 2.05) is 12.1 Å². The molecule has 1 spiro atoms. The van der Waals surface area contributed by atoms with E-state index >= 15 is 0 Å². The number of benzene rings is 2. The first-order chi connectivity index (χ1) is 14.0. The molecule has 8 heteroatoms. The minimum atomic E-state index is -0.775. The number of likely N-dealkylation sites (tertiary alicyclic amines) is 1. The molecule has 1 N–H and O–H groups in total. The van der Waals surface area contributed by atoms with Crippen molar-refractivity contribution in [2.75, 3.05) is 26.2 Å². The number of halogens is 3. The highest BCUT2D eigenvalue weighted by atomic mass is 35.5. The van der Waals surface area contributed by atoms with Gasteiger partial charge in [0.25, 0.3) is 0 Å². The van der Waals surface area contributed by atoms with E-state index in [1.165, 1.54) is 18.2 Å². The Morgan fingerprint density at radius 3 is 2.53 bits per heavy atom. The quantitative estimate of drug-likeness (QED) is 0.732. The molecule has 2 aromatic rings. The van der Waals surface area contributed by atoms with Crippen LogP contribution in [0, 0.1) is 11.6 Å². The predicted octanol–water partition coefficient (Wildman–Crippen LogP) is 4.17. The third-order valence-corrected chi connectivity index (χ3v) is 5.93. The number of carbonyl (C=O) groups is 1. The van der Waals surface area contributed by atoms with Gasteiger partial charge < -0.3 is 19.5 Å². The maximum absolute atomic E-state index is 13.8. The number of hydrogen-bond donors (Lipinski definition) is 1. The van der Waals surface area contributed by atoms with E-state index in [2.05, 4.69) is 4.90 Å². The number of carboxylic acids is 1. The zero-order valence-electron chi connectivity index (χ0n) is 16.4. The Balaban J connectivity index is 0.00000256. The Morgan fingerprint density at radius 1 is 1.17 bits per heavy atom. The number of fused-ring (bicyclic) bond motifs is 2. The van der Waals surface area contributed by atoms with E-state index in [0.717, 1.165) is 37.2 Å². The molecule has 2 aliphatic heterocycles. The molecule has 0 amide bonds. The maximum Gasteiger partial charge on any atom is 0.304 e. The van der Waals surface area contributed by atoms with Crippen LogP contribution < -0.4 is 9.47 Å². The van der Waals surface area contributed by atoms with Crippen LogP contribution in [0.5, 0.6) is 11.5 Å². The average Bonchev–Trinajstić information content (AvgIpc) is 3.05. The Morgan fingerprint density at radius 2 is 1.87 bits per heavy atom. The number of piperidine rings is 1. The molecular formula is C22H24ClF2NO4. The first kappa shape index (κ1) is 22.3. The lowest BCUT2D eigenvalue weighted by Crippen LogP contribution is -2.44. The highest BCUT2D eigenvalue weighted by Gasteiger charge is 2.43. The summed E-state index contributed by atoms with van der Waals surface area (Å²) in [6.45, 7) is 2.63. The van der Waals surface area contributed by atoms with Crippen LogP contribution in [-0.4, -0.2) is 42.2 Å². The van der Waals surface area contributed by atoms with Gasteiger partial charge in [-0.05, 0) is 44.1 Å². The van der Waals surface area contributed by atoms with Gasteiger partial charge in [-0.15, -0.1) is 12.4 Å². The molecule has 0 atom stereocenters. The SMILES string of the molecule is Cl.O=C(O)CCN1CCC2(CC1)COc1cc(OCc3c(F)cccc3F)ccc12. The van der Waals surface area contributed by atoms with Gasteiger partial charge in [0.1, 0.15) is 29.7 Å². The van der Waals surface area contributed by atoms with Crippen LogP contribution in [0.15, 0.2) is 36.4 Å². The molecule has 0 radical (unpaired) electrons. The second kappa shape index (κ2) is 9.18. The van der Waals surface area contributed by atoms with Gasteiger partial charge >= 0.3 is 5.97 Å². The van der Waals surface area contributed by atoms with Crippen LogP contribution in [-0.2, 0) is 16.8 Å². The summed E-state index contributed by atoms with van der Waals surface area (Å²) in [4.78, 5) is 12.9. The normalized spacial score (nSPS) is 17.1. The molecule has 2 aromatic carbocycles. The summed E-state index contributed by atoms with van der Waals surface area (Å²) >= 11 is 0. The summed E-state index contributed by atoms with van der Waals surface area (Å²) in [6.07, 6.45) is 1.96. The van der Waals surface area contributed by atoms with Crippen molar-refractivity contribution < 1.29 is 28.2 Å². The topological polar surface area (TPSA) is 59.0 Å². The van der Waals surface area contributed by atoms with E-state index in [1.54, 1.807) is 6.07 Å². The fourth-order valence-electron chi connectivity index (χ4n) is 4.14. The largest absolute Gasteiger partial charge is 0.492 e. The molecular weight excluding hydrogens is 416 g/mol. The molecule has 5 nitrogen and oxygen atoms in total. The van der Waals surface area contributed by atoms with E-state index in [-0.39, 0.29) is 36.4 Å². The van der Waals surface area contributed by atoms with E-state index in [0.29, 0.717) is 18.9 Å². The van der Waals surface area contributed by atoms with E-state index in [4.69, 9.17) is 14.6 Å². The zero-order valence-corrected chi connectivity index (χ0v) is 17.2. The highest BCUT2D eigenvalue weighted by Crippen LogP contribution is 2.46. The molecule has 2 aliphatic rings. The minimum absolute atomic E-state index is 0. The molecule has 1 fully saturated rings. The molecule has 0 saturated carbocycles. The van der Waals surface area contributed by atoms with Gasteiger partial charge in [-0.25, -0.2) is 8.78 Å². The van der Waals surface area contributed by atoms with Crippen LogP contribution in [0.3, 0.4) is 0 Å². The van der Waals surface area contributed by atoms with Crippen molar-refractivity contribution >= 4 is 18.4 Å². The summed E-state index contributed by atoms with van der Waals surface area (Å²) in [7, 11) is 0. The number of aliphatic carboxylic acids is 1. The minimum Gasteiger partial charge on any atom is -0.492 e. The Labute approximate surface area is 180 Å². The summed E-state index contributed by atoms with van der Waals surface area (Å²) in [5.41, 5.74) is 0.963. The first-order valence-corrected chi connectivity index (χ1v) is 9.74. The van der Waals surface area contributed by atoms with Gasteiger partial charge in [-0.2, -0.15) is 0 Å². The zero-order chi connectivity index (χ0) is 20.4. The second-order valence-corrected chi connectivity index (χ2v) is 7.70. The number of nitrogens with zero attached hydrogens (tertiary/aromatic N) is 1. The van der Waals surface area contributed by atoms with Crippen molar-refractivity contribution in [3.8, 4) is 11.5 Å². The summed E-state index contributed by atoms with van der Waals surface area (Å²) in [6, 6.07) is 9.30. The van der Waals surface area contributed by atoms with Gasteiger partial charge in [0.05, 0.1) is 18.6 Å². The Hall–Kier alpha value is -2.38. The number of ether oxygens (including phenoxy) is 2. The molecule has 162 valence electrons. The number of hydrogen-bond acceptors (Lipinski definition) is 4. The average molecular weight is 440 g/mol. The fraction of sp³-hybridized carbons (Fsp3) is 0.409. The monoisotopic (exact) mass is 439 g/mol.